The molecule has 1 aliphatic carbocycles. The highest BCUT2D eigenvalue weighted by molar-refractivity contribution is 6.18. The predicted octanol–water partition coefficient (Wildman–Crippen LogP) is 7.89. The van der Waals surface area contributed by atoms with E-state index in [-0.39, 0.29) is 10.8 Å². The van der Waals surface area contributed by atoms with Crippen molar-refractivity contribution in [3.8, 4) is 11.3 Å². The SMILES string of the molecule is Cc1ccc2c(oc3c2ccc2ccc4c(c23)C(C)(C)CCC4(C)C)c1-c1cccc[n+]1C. The van der Waals surface area contributed by atoms with Crippen molar-refractivity contribution in [2.75, 3.05) is 0 Å². The summed E-state index contributed by atoms with van der Waals surface area (Å²) in [7, 11) is 2.10. The highest BCUT2D eigenvalue weighted by atomic mass is 16.3. The molecule has 2 heteroatoms. The average Bonchev–Trinajstić information content (AvgIpc) is 3.16. The van der Waals surface area contributed by atoms with Crippen LogP contribution in [0.25, 0.3) is 44.0 Å². The Morgan fingerprint density at radius 2 is 1.48 bits per heavy atom. The van der Waals surface area contributed by atoms with E-state index in [1.807, 2.05) is 0 Å². The van der Waals surface area contributed by atoms with Gasteiger partial charge in [0.2, 0.25) is 5.69 Å². The van der Waals surface area contributed by atoms with Gasteiger partial charge < -0.3 is 4.42 Å². The van der Waals surface area contributed by atoms with Crippen molar-refractivity contribution in [3.05, 3.63) is 77.5 Å². The molecule has 2 aromatic heterocycles. The van der Waals surface area contributed by atoms with E-state index in [2.05, 4.69) is 107 Å². The van der Waals surface area contributed by atoms with Crippen LogP contribution in [-0.4, -0.2) is 0 Å². The van der Waals surface area contributed by atoms with Crippen LogP contribution < -0.4 is 4.57 Å². The first kappa shape index (κ1) is 20.5. The maximum absolute atomic E-state index is 6.90. The molecule has 0 atom stereocenters. The Morgan fingerprint density at radius 1 is 0.788 bits per heavy atom. The van der Waals surface area contributed by atoms with Gasteiger partial charge in [-0.25, -0.2) is 4.57 Å². The number of hydrogen-bond donors (Lipinski definition) is 0. The molecule has 5 aromatic rings. The van der Waals surface area contributed by atoms with Crippen LogP contribution in [0.4, 0.5) is 0 Å². The molecule has 0 saturated carbocycles. The summed E-state index contributed by atoms with van der Waals surface area (Å²) in [5.74, 6) is 0. The number of nitrogens with zero attached hydrogens (tertiary/aromatic N) is 1. The fourth-order valence-corrected chi connectivity index (χ4v) is 6.06. The van der Waals surface area contributed by atoms with E-state index in [0.717, 1.165) is 11.2 Å². The average molecular weight is 435 g/mol. The zero-order valence-corrected chi connectivity index (χ0v) is 20.5. The minimum atomic E-state index is 0.113. The van der Waals surface area contributed by atoms with Crippen LogP contribution in [0, 0.1) is 6.92 Å². The van der Waals surface area contributed by atoms with Gasteiger partial charge in [0.1, 0.15) is 18.2 Å². The van der Waals surface area contributed by atoms with Crippen LogP contribution in [0.2, 0.25) is 0 Å². The Hall–Kier alpha value is -3.13. The summed E-state index contributed by atoms with van der Waals surface area (Å²) in [6.07, 6.45) is 4.50. The minimum absolute atomic E-state index is 0.113. The molecule has 3 aromatic carbocycles. The number of hydrogen-bond acceptors (Lipinski definition) is 1. The molecule has 0 bridgehead atoms. The number of benzene rings is 3. The number of rotatable bonds is 1. The molecule has 6 rings (SSSR count). The second-order valence-corrected chi connectivity index (χ2v) is 11.2. The minimum Gasteiger partial charge on any atom is -0.454 e. The zero-order valence-electron chi connectivity index (χ0n) is 20.5. The van der Waals surface area contributed by atoms with E-state index in [1.54, 1.807) is 0 Å². The van der Waals surface area contributed by atoms with Crippen molar-refractivity contribution < 1.29 is 8.98 Å². The molecule has 0 radical (unpaired) electrons. The van der Waals surface area contributed by atoms with E-state index in [9.17, 15) is 0 Å². The molecule has 0 spiro atoms. The van der Waals surface area contributed by atoms with Crippen molar-refractivity contribution in [2.24, 2.45) is 7.05 Å². The first-order valence-electron chi connectivity index (χ1n) is 12.1. The summed E-state index contributed by atoms with van der Waals surface area (Å²) in [5, 5.41) is 4.99. The molecule has 0 N–H and O–H groups in total. The normalized spacial score (nSPS) is 17.0. The van der Waals surface area contributed by atoms with Crippen LogP contribution in [-0.2, 0) is 17.9 Å². The van der Waals surface area contributed by atoms with Crippen LogP contribution >= 0.6 is 0 Å². The van der Waals surface area contributed by atoms with E-state index in [0.29, 0.717) is 0 Å². The number of furan rings is 1. The molecule has 0 aliphatic heterocycles. The molecule has 33 heavy (non-hydrogen) atoms. The third-order valence-electron chi connectivity index (χ3n) is 8.09. The van der Waals surface area contributed by atoms with E-state index >= 15 is 0 Å². The number of pyridine rings is 1. The summed E-state index contributed by atoms with van der Waals surface area (Å²) >= 11 is 0. The Kier molecular flexibility index (Phi) is 4.15. The Balaban J connectivity index is 1.80. The van der Waals surface area contributed by atoms with Crippen molar-refractivity contribution in [1.82, 2.24) is 0 Å². The summed E-state index contributed by atoms with van der Waals surface area (Å²) in [5.41, 5.74) is 8.86. The van der Waals surface area contributed by atoms with Gasteiger partial charge in [-0.2, -0.15) is 0 Å². The molecule has 2 nitrogen and oxygen atoms in total. The van der Waals surface area contributed by atoms with Crippen LogP contribution in [0.1, 0.15) is 57.2 Å². The fraction of sp³-hybridized carbons (Fsp3) is 0.323. The standard InChI is InChI=1S/C31H32NO/c1-19-10-13-21-22-14-11-20-12-15-23-27(31(4,5)17-16-30(23,2)3)26(20)29(22)33-28(21)25(19)24-9-7-8-18-32(24)6/h7-15,18H,16-17H2,1-6H3/q+1. The Bertz CT molecular complexity index is 1580. The molecule has 2 heterocycles. The highest BCUT2D eigenvalue weighted by Crippen LogP contribution is 2.50. The third-order valence-corrected chi connectivity index (χ3v) is 8.09. The van der Waals surface area contributed by atoms with Crippen molar-refractivity contribution in [1.29, 1.82) is 0 Å². The molecule has 1 aliphatic rings. The lowest BCUT2D eigenvalue weighted by atomic mass is 9.62. The molecule has 0 unspecified atom stereocenters. The molecule has 0 amide bonds. The van der Waals surface area contributed by atoms with Crippen LogP contribution in [0.3, 0.4) is 0 Å². The molecule has 166 valence electrons. The van der Waals surface area contributed by atoms with Gasteiger partial charge >= 0.3 is 0 Å². The van der Waals surface area contributed by atoms with E-state index in [4.69, 9.17) is 4.42 Å². The summed E-state index contributed by atoms with van der Waals surface area (Å²) in [6, 6.07) is 20.0. The molecular weight excluding hydrogens is 402 g/mol. The zero-order chi connectivity index (χ0) is 23.1. The van der Waals surface area contributed by atoms with Crippen molar-refractivity contribution in [2.45, 2.75) is 58.3 Å². The number of aryl methyl sites for hydroxylation is 2. The fourth-order valence-electron chi connectivity index (χ4n) is 6.06. The van der Waals surface area contributed by atoms with Gasteiger partial charge in [-0.1, -0.05) is 58.0 Å². The third kappa shape index (κ3) is 2.83. The summed E-state index contributed by atoms with van der Waals surface area (Å²) in [6.45, 7) is 11.8. The second-order valence-electron chi connectivity index (χ2n) is 11.2. The first-order chi connectivity index (χ1) is 15.7. The smallest absolute Gasteiger partial charge is 0.216 e. The van der Waals surface area contributed by atoms with E-state index < -0.39 is 0 Å². The van der Waals surface area contributed by atoms with Crippen LogP contribution in [0.15, 0.2) is 65.2 Å². The predicted molar refractivity (Wildman–Crippen MR) is 138 cm³/mol. The maximum atomic E-state index is 6.90. The lowest BCUT2D eigenvalue weighted by molar-refractivity contribution is -0.660. The number of aromatic nitrogens is 1. The highest BCUT2D eigenvalue weighted by Gasteiger charge is 2.39. The van der Waals surface area contributed by atoms with Gasteiger partial charge in [-0.15, -0.1) is 0 Å². The largest absolute Gasteiger partial charge is 0.454 e. The summed E-state index contributed by atoms with van der Waals surface area (Å²) in [4.78, 5) is 0. The second kappa shape index (κ2) is 6.70. The van der Waals surface area contributed by atoms with Gasteiger partial charge in [-0.05, 0) is 64.8 Å². The van der Waals surface area contributed by atoms with Gasteiger partial charge in [0.15, 0.2) is 6.20 Å². The van der Waals surface area contributed by atoms with Crippen LogP contribution in [0.5, 0.6) is 0 Å². The maximum Gasteiger partial charge on any atom is 0.216 e. The van der Waals surface area contributed by atoms with E-state index in [1.165, 1.54) is 62.3 Å². The van der Waals surface area contributed by atoms with Gasteiger partial charge in [-0.3, -0.25) is 0 Å². The quantitative estimate of drug-likeness (QED) is 0.245. The topological polar surface area (TPSA) is 17.0 Å². The summed E-state index contributed by atoms with van der Waals surface area (Å²) < 4.78 is 9.08. The van der Waals surface area contributed by atoms with Crippen molar-refractivity contribution >= 4 is 32.7 Å². The molecular formula is C31H32NO+. The number of fused-ring (bicyclic) bond motifs is 7. The van der Waals surface area contributed by atoms with Gasteiger partial charge in [0, 0.05) is 28.3 Å². The molecule has 0 fully saturated rings. The Labute approximate surface area is 195 Å². The Morgan fingerprint density at radius 3 is 2.27 bits per heavy atom. The first-order valence-corrected chi connectivity index (χ1v) is 12.1. The monoisotopic (exact) mass is 434 g/mol. The van der Waals surface area contributed by atoms with Crippen molar-refractivity contribution in [3.63, 3.8) is 0 Å². The molecule has 0 saturated heterocycles. The van der Waals surface area contributed by atoms with Gasteiger partial charge in [0.05, 0.1) is 5.56 Å². The van der Waals surface area contributed by atoms with Gasteiger partial charge in [0.25, 0.3) is 0 Å². The lowest BCUT2D eigenvalue weighted by Gasteiger charge is -2.42. The lowest BCUT2D eigenvalue weighted by Crippen LogP contribution is -2.34.